The molecular formula is C27H29N3O4S. The van der Waals surface area contributed by atoms with E-state index in [1.54, 1.807) is 30.0 Å². The van der Waals surface area contributed by atoms with E-state index in [0.29, 0.717) is 36.2 Å². The number of carbonyl (C=O) groups excluding carboxylic acids is 2. The lowest BCUT2D eigenvalue weighted by atomic mass is 9.96. The van der Waals surface area contributed by atoms with Crippen molar-refractivity contribution in [1.82, 2.24) is 4.90 Å². The van der Waals surface area contributed by atoms with Gasteiger partial charge in [0.1, 0.15) is 0 Å². The number of hydrogen-bond acceptors (Lipinski definition) is 4. The van der Waals surface area contributed by atoms with Gasteiger partial charge in [-0.05, 0) is 68.7 Å². The fraction of sp³-hybridized carbons (Fsp3) is 0.259. The van der Waals surface area contributed by atoms with Gasteiger partial charge < -0.3 is 10.2 Å². The normalized spacial score (nSPS) is 15.9. The van der Waals surface area contributed by atoms with Crippen LogP contribution in [0, 0.1) is 19.8 Å². The number of nitrogens with one attached hydrogen (secondary N) is 2. The number of rotatable bonds is 6. The van der Waals surface area contributed by atoms with Crippen LogP contribution < -0.4 is 10.0 Å². The lowest BCUT2D eigenvalue weighted by Gasteiger charge is -2.32. The van der Waals surface area contributed by atoms with Gasteiger partial charge in [-0.3, -0.25) is 14.3 Å². The van der Waals surface area contributed by atoms with Crippen molar-refractivity contribution < 1.29 is 18.0 Å². The summed E-state index contributed by atoms with van der Waals surface area (Å²) in [5, 5.41) is 2.91. The van der Waals surface area contributed by atoms with Gasteiger partial charge in [0.05, 0.1) is 10.8 Å². The van der Waals surface area contributed by atoms with Crippen molar-refractivity contribution in [2.45, 2.75) is 31.6 Å². The summed E-state index contributed by atoms with van der Waals surface area (Å²) in [5.41, 5.74) is 3.19. The van der Waals surface area contributed by atoms with E-state index in [4.69, 9.17) is 0 Å². The molecule has 1 atom stereocenters. The Morgan fingerprint density at radius 2 is 1.63 bits per heavy atom. The number of anilines is 2. The number of amides is 2. The quantitative estimate of drug-likeness (QED) is 0.527. The fourth-order valence-corrected chi connectivity index (χ4v) is 5.23. The van der Waals surface area contributed by atoms with Gasteiger partial charge in [-0.2, -0.15) is 0 Å². The van der Waals surface area contributed by atoms with Crippen LogP contribution in [0.25, 0.3) is 0 Å². The van der Waals surface area contributed by atoms with Gasteiger partial charge in [0.2, 0.25) is 5.91 Å². The Labute approximate surface area is 206 Å². The molecular weight excluding hydrogens is 462 g/mol. The molecule has 1 unspecified atom stereocenters. The molecule has 0 spiro atoms. The first-order valence-corrected chi connectivity index (χ1v) is 13.1. The van der Waals surface area contributed by atoms with Crippen molar-refractivity contribution in [3.05, 3.63) is 89.5 Å². The Kier molecular flexibility index (Phi) is 7.21. The van der Waals surface area contributed by atoms with Gasteiger partial charge in [-0.25, -0.2) is 8.42 Å². The first-order chi connectivity index (χ1) is 16.7. The van der Waals surface area contributed by atoms with E-state index in [1.165, 1.54) is 12.1 Å². The summed E-state index contributed by atoms with van der Waals surface area (Å²) in [6.45, 7) is 4.51. The Bertz CT molecular complexity index is 1320. The molecule has 182 valence electrons. The Morgan fingerprint density at radius 1 is 0.914 bits per heavy atom. The number of benzene rings is 3. The van der Waals surface area contributed by atoms with Crippen LogP contribution in [0.4, 0.5) is 11.4 Å². The van der Waals surface area contributed by atoms with Gasteiger partial charge in [0.25, 0.3) is 15.9 Å². The SMILES string of the molecule is Cc1ccc(NS(=O)(=O)c2ccc(C)c(C(=O)N3CCCC(C(=O)Nc4ccccc4)C3)c2)cc1. The molecule has 4 rings (SSSR count). The van der Waals surface area contributed by atoms with Gasteiger partial charge in [-0.15, -0.1) is 0 Å². The molecule has 7 nitrogen and oxygen atoms in total. The number of nitrogens with zero attached hydrogens (tertiary/aromatic N) is 1. The van der Waals surface area contributed by atoms with Crippen LogP contribution in [0.2, 0.25) is 0 Å². The van der Waals surface area contributed by atoms with Gasteiger partial charge in [-0.1, -0.05) is 42.0 Å². The molecule has 1 fully saturated rings. The largest absolute Gasteiger partial charge is 0.338 e. The average molecular weight is 492 g/mol. The molecule has 1 aliphatic rings. The van der Waals surface area contributed by atoms with Crippen molar-refractivity contribution in [2.75, 3.05) is 23.1 Å². The van der Waals surface area contributed by atoms with Crippen LogP contribution in [0.5, 0.6) is 0 Å². The first-order valence-electron chi connectivity index (χ1n) is 11.6. The topological polar surface area (TPSA) is 95.6 Å². The molecule has 0 aromatic heterocycles. The molecule has 3 aromatic rings. The number of sulfonamides is 1. The minimum absolute atomic E-state index is 0.0161. The lowest BCUT2D eigenvalue weighted by Crippen LogP contribution is -2.44. The van der Waals surface area contributed by atoms with E-state index in [1.807, 2.05) is 49.4 Å². The third-order valence-electron chi connectivity index (χ3n) is 6.17. The summed E-state index contributed by atoms with van der Waals surface area (Å²) < 4.78 is 28.5. The Balaban J connectivity index is 1.50. The number of para-hydroxylation sites is 1. The molecule has 0 radical (unpaired) electrons. The number of likely N-dealkylation sites (tertiary alicyclic amines) is 1. The third-order valence-corrected chi connectivity index (χ3v) is 7.55. The summed E-state index contributed by atoms with van der Waals surface area (Å²) in [6.07, 6.45) is 1.39. The zero-order chi connectivity index (χ0) is 25.0. The number of carbonyl (C=O) groups is 2. The predicted octanol–water partition coefficient (Wildman–Crippen LogP) is 4.60. The smallest absolute Gasteiger partial charge is 0.261 e. The highest BCUT2D eigenvalue weighted by Gasteiger charge is 2.30. The van der Waals surface area contributed by atoms with E-state index < -0.39 is 10.0 Å². The van der Waals surface area contributed by atoms with Crippen molar-refractivity contribution >= 4 is 33.2 Å². The zero-order valence-electron chi connectivity index (χ0n) is 19.8. The second-order valence-electron chi connectivity index (χ2n) is 8.89. The van der Waals surface area contributed by atoms with E-state index in [2.05, 4.69) is 10.0 Å². The first kappa shape index (κ1) is 24.5. The molecule has 3 aromatic carbocycles. The van der Waals surface area contributed by atoms with Crippen LogP contribution in [0.1, 0.15) is 34.3 Å². The molecule has 0 saturated carbocycles. The lowest BCUT2D eigenvalue weighted by molar-refractivity contribution is -0.121. The number of hydrogen-bond donors (Lipinski definition) is 2. The molecule has 2 N–H and O–H groups in total. The van der Waals surface area contributed by atoms with Crippen molar-refractivity contribution in [2.24, 2.45) is 5.92 Å². The summed E-state index contributed by atoms with van der Waals surface area (Å²) in [5.74, 6) is -0.723. The van der Waals surface area contributed by atoms with Gasteiger partial charge in [0, 0.05) is 30.0 Å². The van der Waals surface area contributed by atoms with Crippen LogP contribution in [-0.4, -0.2) is 38.2 Å². The van der Waals surface area contributed by atoms with Crippen molar-refractivity contribution in [3.63, 3.8) is 0 Å². The highest BCUT2D eigenvalue weighted by molar-refractivity contribution is 7.92. The minimum Gasteiger partial charge on any atom is -0.338 e. The van der Waals surface area contributed by atoms with Crippen LogP contribution in [0.15, 0.2) is 77.7 Å². The highest BCUT2D eigenvalue weighted by Crippen LogP contribution is 2.24. The maximum absolute atomic E-state index is 13.4. The summed E-state index contributed by atoms with van der Waals surface area (Å²) in [7, 11) is -3.87. The molecule has 0 aliphatic carbocycles. The van der Waals surface area contributed by atoms with E-state index in [-0.39, 0.29) is 29.2 Å². The molecule has 1 heterocycles. The average Bonchev–Trinajstić information content (AvgIpc) is 2.86. The predicted molar refractivity (Wildman–Crippen MR) is 137 cm³/mol. The molecule has 2 amide bonds. The third kappa shape index (κ3) is 5.89. The van der Waals surface area contributed by atoms with Crippen molar-refractivity contribution in [1.29, 1.82) is 0 Å². The number of aryl methyl sites for hydroxylation is 2. The van der Waals surface area contributed by atoms with Crippen molar-refractivity contribution in [3.8, 4) is 0 Å². The summed E-state index contributed by atoms with van der Waals surface area (Å²) in [6, 6.07) is 20.8. The summed E-state index contributed by atoms with van der Waals surface area (Å²) >= 11 is 0. The van der Waals surface area contributed by atoms with Crippen LogP contribution in [0.3, 0.4) is 0 Å². The molecule has 1 aliphatic heterocycles. The summed E-state index contributed by atoms with van der Waals surface area (Å²) in [4.78, 5) is 27.8. The molecule has 1 saturated heterocycles. The maximum Gasteiger partial charge on any atom is 0.261 e. The maximum atomic E-state index is 13.4. The second kappa shape index (κ2) is 10.3. The van der Waals surface area contributed by atoms with Gasteiger partial charge in [0.15, 0.2) is 0 Å². The van der Waals surface area contributed by atoms with E-state index >= 15 is 0 Å². The zero-order valence-corrected chi connectivity index (χ0v) is 20.6. The second-order valence-corrected chi connectivity index (χ2v) is 10.6. The molecule has 8 heteroatoms. The Hall–Kier alpha value is -3.65. The van der Waals surface area contributed by atoms with E-state index in [0.717, 1.165) is 11.3 Å². The van der Waals surface area contributed by atoms with Gasteiger partial charge >= 0.3 is 0 Å². The number of piperidine rings is 1. The van der Waals surface area contributed by atoms with Crippen LogP contribution in [-0.2, 0) is 14.8 Å². The standard InChI is InChI=1S/C27H29N3O4S/c1-19-10-13-23(14-11-19)29-35(33,34)24-15-12-20(2)25(17-24)27(32)30-16-6-7-21(18-30)26(31)28-22-8-4-3-5-9-22/h3-5,8-15,17,21,29H,6-7,16,18H2,1-2H3,(H,28,31). The highest BCUT2D eigenvalue weighted by atomic mass is 32.2. The Morgan fingerprint density at radius 3 is 2.34 bits per heavy atom. The van der Waals surface area contributed by atoms with Crippen LogP contribution >= 0.6 is 0 Å². The van der Waals surface area contributed by atoms with E-state index in [9.17, 15) is 18.0 Å². The minimum atomic E-state index is -3.87. The fourth-order valence-electron chi connectivity index (χ4n) is 4.15. The molecule has 0 bridgehead atoms. The monoisotopic (exact) mass is 491 g/mol. The molecule has 35 heavy (non-hydrogen) atoms.